The van der Waals surface area contributed by atoms with Gasteiger partial charge in [0.2, 0.25) is 5.91 Å². The predicted octanol–water partition coefficient (Wildman–Crippen LogP) is 3.93. The number of carbonyl (C=O) groups is 1. The number of tetrazole rings is 1. The van der Waals surface area contributed by atoms with Gasteiger partial charge in [0.1, 0.15) is 0 Å². The molecule has 126 valence electrons. The number of hydrogen-bond acceptors (Lipinski definition) is 4. The highest BCUT2D eigenvalue weighted by molar-refractivity contribution is 6.42. The zero-order valence-electron chi connectivity index (χ0n) is 13.1. The molecule has 8 heteroatoms. The van der Waals surface area contributed by atoms with E-state index >= 15 is 0 Å². The molecule has 0 aliphatic rings. The van der Waals surface area contributed by atoms with Crippen LogP contribution in [0.25, 0.3) is 11.8 Å². The fourth-order valence-electron chi connectivity index (χ4n) is 2.18. The minimum absolute atomic E-state index is 0.290. The largest absolute Gasteiger partial charge is 0.322 e. The Morgan fingerprint density at radius 3 is 2.76 bits per heavy atom. The lowest BCUT2D eigenvalue weighted by Crippen LogP contribution is -2.08. The summed E-state index contributed by atoms with van der Waals surface area (Å²) in [4.78, 5) is 12.1. The first kappa shape index (κ1) is 17.1. The second-order valence-corrected chi connectivity index (χ2v) is 5.94. The second kappa shape index (κ2) is 7.46. The van der Waals surface area contributed by atoms with Crippen LogP contribution in [0.2, 0.25) is 10.0 Å². The second-order valence-electron chi connectivity index (χ2n) is 5.15. The Morgan fingerprint density at radius 1 is 1.20 bits per heavy atom. The molecule has 1 amide bonds. The van der Waals surface area contributed by atoms with Gasteiger partial charge in [-0.1, -0.05) is 41.4 Å². The lowest BCUT2D eigenvalue weighted by molar-refractivity contribution is -0.111. The monoisotopic (exact) mass is 373 g/mol. The van der Waals surface area contributed by atoms with Crippen LogP contribution in [0.4, 0.5) is 5.69 Å². The number of nitrogens with one attached hydrogen (secondary N) is 1. The van der Waals surface area contributed by atoms with Crippen molar-refractivity contribution in [3.8, 4) is 5.69 Å². The first-order chi connectivity index (χ1) is 12.0. The molecule has 2 aromatic carbocycles. The summed E-state index contributed by atoms with van der Waals surface area (Å²) < 4.78 is 1.58. The molecule has 0 aliphatic heterocycles. The minimum Gasteiger partial charge on any atom is -0.322 e. The lowest BCUT2D eigenvalue weighted by atomic mass is 10.2. The Hall–Kier alpha value is -2.70. The number of anilines is 1. The molecule has 0 atom stereocenters. The summed E-state index contributed by atoms with van der Waals surface area (Å²) in [7, 11) is 0. The van der Waals surface area contributed by atoms with Crippen molar-refractivity contribution in [3.63, 3.8) is 0 Å². The summed E-state index contributed by atoms with van der Waals surface area (Å²) in [6.07, 6.45) is 3.01. The molecule has 1 N–H and O–H groups in total. The van der Waals surface area contributed by atoms with Crippen molar-refractivity contribution in [2.45, 2.75) is 6.92 Å². The third kappa shape index (κ3) is 4.04. The Kier molecular flexibility index (Phi) is 5.11. The number of carbonyl (C=O) groups excluding carboxylic acids is 1. The van der Waals surface area contributed by atoms with E-state index in [0.717, 1.165) is 5.69 Å². The SMILES string of the molecule is Cc1nnnn1-c1cccc(NC(=O)/C=C/c2cccc(Cl)c2Cl)c1. The van der Waals surface area contributed by atoms with Crippen molar-refractivity contribution < 1.29 is 4.79 Å². The highest BCUT2D eigenvalue weighted by atomic mass is 35.5. The summed E-state index contributed by atoms with van der Waals surface area (Å²) in [5, 5.41) is 15.0. The van der Waals surface area contributed by atoms with E-state index in [1.165, 1.54) is 6.08 Å². The summed E-state index contributed by atoms with van der Waals surface area (Å²) in [5.74, 6) is 0.362. The Bertz CT molecular complexity index is 952. The van der Waals surface area contributed by atoms with Gasteiger partial charge in [-0.25, -0.2) is 0 Å². The van der Waals surface area contributed by atoms with Crippen LogP contribution in [0.1, 0.15) is 11.4 Å². The Balaban J connectivity index is 1.74. The maximum absolute atomic E-state index is 12.1. The molecule has 0 saturated heterocycles. The van der Waals surface area contributed by atoms with Crippen LogP contribution in [-0.2, 0) is 4.79 Å². The first-order valence-electron chi connectivity index (χ1n) is 7.33. The number of halogens is 2. The van der Waals surface area contributed by atoms with Crippen molar-refractivity contribution >= 4 is 40.9 Å². The average molecular weight is 374 g/mol. The maximum Gasteiger partial charge on any atom is 0.248 e. The normalized spacial score (nSPS) is 11.0. The molecule has 6 nitrogen and oxygen atoms in total. The minimum atomic E-state index is -0.290. The van der Waals surface area contributed by atoms with Crippen LogP contribution in [0, 0.1) is 6.92 Å². The van der Waals surface area contributed by atoms with Gasteiger partial charge in [-0.15, -0.1) is 5.10 Å². The molecule has 1 heterocycles. The molecule has 0 fully saturated rings. The molecule has 0 aliphatic carbocycles. The van der Waals surface area contributed by atoms with Crippen molar-refractivity contribution in [2.24, 2.45) is 0 Å². The highest BCUT2D eigenvalue weighted by Gasteiger charge is 2.06. The summed E-state index contributed by atoms with van der Waals surface area (Å²) >= 11 is 12.0. The number of aromatic nitrogens is 4. The van der Waals surface area contributed by atoms with Gasteiger partial charge >= 0.3 is 0 Å². The molecule has 25 heavy (non-hydrogen) atoms. The molecule has 3 aromatic rings. The number of amides is 1. The van der Waals surface area contributed by atoms with E-state index in [2.05, 4.69) is 20.8 Å². The smallest absolute Gasteiger partial charge is 0.248 e. The standard InChI is InChI=1S/C17H13Cl2N5O/c1-11-21-22-23-24(11)14-6-3-5-13(10-14)20-16(25)9-8-12-4-2-7-15(18)17(12)19/h2-10H,1H3,(H,20,25)/b9-8+. The van der Waals surface area contributed by atoms with Crippen molar-refractivity contribution in [1.29, 1.82) is 0 Å². The molecule has 0 saturated carbocycles. The van der Waals surface area contributed by atoms with E-state index in [4.69, 9.17) is 23.2 Å². The van der Waals surface area contributed by atoms with Gasteiger partial charge < -0.3 is 5.32 Å². The highest BCUT2D eigenvalue weighted by Crippen LogP contribution is 2.26. The van der Waals surface area contributed by atoms with E-state index in [1.807, 2.05) is 12.1 Å². The third-order valence-electron chi connectivity index (χ3n) is 3.38. The Labute approximate surface area is 154 Å². The molecule has 0 radical (unpaired) electrons. The number of nitrogens with zero attached hydrogens (tertiary/aromatic N) is 4. The van der Waals surface area contributed by atoms with Crippen LogP contribution in [0.15, 0.2) is 48.5 Å². The molecule has 0 unspecified atom stereocenters. The van der Waals surface area contributed by atoms with Gasteiger partial charge in [-0.2, -0.15) is 4.68 Å². The van der Waals surface area contributed by atoms with Crippen LogP contribution in [0.5, 0.6) is 0 Å². The van der Waals surface area contributed by atoms with Gasteiger partial charge in [0.15, 0.2) is 5.82 Å². The fraction of sp³-hybridized carbons (Fsp3) is 0.0588. The number of rotatable bonds is 4. The van der Waals surface area contributed by atoms with Gasteiger partial charge in [0.25, 0.3) is 0 Å². The van der Waals surface area contributed by atoms with Gasteiger partial charge in [-0.3, -0.25) is 4.79 Å². The van der Waals surface area contributed by atoms with E-state index in [-0.39, 0.29) is 5.91 Å². The molecular formula is C17H13Cl2N5O. The van der Waals surface area contributed by atoms with Crippen molar-refractivity contribution in [1.82, 2.24) is 20.2 Å². The van der Waals surface area contributed by atoms with Crippen LogP contribution in [0.3, 0.4) is 0 Å². The predicted molar refractivity (Wildman–Crippen MR) is 98.0 cm³/mol. The zero-order valence-corrected chi connectivity index (χ0v) is 14.7. The third-order valence-corrected chi connectivity index (χ3v) is 4.21. The quantitative estimate of drug-likeness (QED) is 0.703. The zero-order chi connectivity index (χ0) is 17.8. The van der Waals surface area contributed by atoms with Crippen molar-refractivity contribution in [3.05, 3.63) is 70.0 Å². The summed E-state index contributed by atoms with van der Waals surface area (Å²) in [6.45, 7) is 1.79. The fourth-order valence-corrected chi connectivity index (χ4v) is 2.56. The number of hydrogen-bond donors (Lipinski definition) is 1. The van der Waals surface area contributed by atoms with Crippen LogP contribution >= 0.6 is 23.2 Å². The van der Waals surface area contributed by atoms with Gasteiger partial charge in [0.05, 0.1) is 15.7 Å². The Morgan fingerprint density at radius 2 is 2.00 bits per heavy atom. The lowest BCUT2D eigenvalue weighted by Gasteiger charge is -2.06. The average Bonchev–Trinajstić information content (AvgIpc) is 3.02. The van der Waals surface area contributed by atoms with Crippen LogP contribution in [-0.4, -0.2) is 26.1 Å². The van der Waals surface area contributed by atoms with Gasteiger partial charge in [-0.05, 0) is 53.3 Å². The van der Waals surface area contributed by atoms with E-state index in [1.54, 1.807) is 48.0 Å². The summed E-state index contributed by atoms with van der Waals surface area (Å²) in [5.41, 5.74) is 2.05. The van der Waals surface area contributed by atoms with Gasteiger partial charge in [0, 0.05) is 11.8 Å². The molecule has 0 spiro atoms. The first-order valence-corrected chi connectivity index (χ1v) is 8.08. The van der Waals surface area contributed by atoms with E-state index in [0.29, 0.717) is 27.1 Å². The van der Waals surface area contributed by atoms with Crippen LogP contribution < -0.4 is 5.32 Å². The number of aryl methyl sites for hydroxylation is 1. The molecular weight excluding hydrogens is 361 g/mol. The summed E-state index contributed by atoms with van der Waals surface area (Å²) in [6, 6.07) is 12.4. The van der Waals surface area contributed by atoms with E-state index in [9.17, 15) is 4.79 Å². The molecule has 3 rings (SSSR count). The molecule has 0 bridgehead atoms. The van der Waals surface area contributed by atoms with Crippen molar-refractivity contribution in [2.75, 3.05) is 5.32 Å². The van der Waals surface area contributed by atoms with E-state index < -0.39 is 0 Å². The number of benzene rings is 2. The maximum atomic E-state index is 12.1. The molecule has 1 aromatic heterocycles. The topological polar surface area (TPSA) is 72.7 Å².